The molecule has 0 heterocycles. The van der Waals surface area contributed by atoms with Crippen molar-refractivity contribution in [2.45, 2.75) is 13.0 Å². The lowest BCUT2D eigenvalue weighted by molar-refractivity contribution is 0.0960. The molecule has 1 atom stereocenters. The van der Waals surface area contributed by atoms with Crippen LogP contribution in [0.5, 0.6) is 0 Å². The molecule has 0 rings (SSSR count). The molecule has 2 amide bonds. The van der Waals surface area contributed by atoms with Crippen LogP contribution in [0.4, 0.5) is 4.79 Å². The van der Waals surface area contributed by atoms with Crippen LogP contribution in [0.25, 0.3) is 0 Å². The van der Waals surface area contributed by atoms with Crippen molar-refractivity contribution in [3.8, 4) is 0 Å². The van der Waals surface area contributed by atoms with Gasteiger partial charge in [-0.05, 0) is 6.92 Å². The van der Waals surface area contributed by atoms with E-state index < -0.39 is 6.10 Å². The van der Waals surface area contributed by atoms with E-state index in [2.05, 4.69) is 10.6 Å². The molecule has 0 saturated carbocycles. The summed E-state index contributed by atoms with van der Waals surface area (Å²) in [5, 5.41) is 22.0. The number of nitrogens with one attached hydrogen (secondary N) is 2. The van der Waals surface area contributed by atoms with Crippen LogP contribution in [-0.2, 0) is 0 Å². The van der Waals surface area contributed by atoms with Crippen molar-refractivity contribution >= 4 is 6.03 Å². The lowest BCUT2D eigenvalue weighted by Gasteiger charge is -2.08. The van der Waals surface area contributed by atoms with Gasteiger partial charge in [0.25, 0.3) is 0 Å². The zero-order valence-electron chi connectivity index (χ0n) is 6.50. The summed E-state index contributed by atoms with van der Waals surface area (Å²) in [6.07, 6.45) is -0.877. The van der Waals surface area contributed by atoms with Gasteiger partial charge in [0, 0.05) is 13.1 Å². The molecule has 1 unspecified atom stereocenters. The van der Waals surface area contributed by atoms with Gasteiger partial charge in [-0.2, -0.15) is 0 Å². The molecule has 5 nitrogen and oxygen atoms in total. The van der Waals surface area contributed by atoms with Crippen LogP contribution in [0.1, 0.15) is 6.92 Å². The average molecular weight is 162 g/mol. The van der Waals surface area contributed by atoms with Gasteiger partial charge in [0.05, 0.1) is 12.7 Å². The molecule has 0 bridgehead atoms. The molecule has 0 saturated heterocycles. The molecule has 0 aliphatic rings. The van der Waals surface area contributed by atoms with E-state index >= 15 is 0 Å². The van der Waals surface area contributed by atoms with Crippen LogP contribution in [0, 0.1) is 0 Å². The zero-order chi connectivity index (χ0) is 8.69. The Morgan fingerprint density at radius 1 is 1.55 bits per heavy atom. The number of urea groups is 1. The van der Waals surface area contributed by atoms with Gasteiger partial charge in [-0.1, -0.05) is 0 Å². The van der Waals surface area contributed by atoms with Gasteiger partial charge in [0.2, 0.25) is 0 Å². The maximum absolute atomic E-state index is 10.6. The number of carbonyl (C=O) groups is 1. The van der Waals surface area contributed by atoms with Crippen LogP contribution in [0.15, 0.2) is 0 Å². The third-order valence-corrected chi connectivity index (χ3v) is 1.05. The number of hydrogen-bond donors (Lipinski definition) is 4. The zero-order valence-corrected chi connectivity index (χ0v) is 6.50. The standard InChI is InChI=1S/C6H14N2O3/c1-2-7-6(11)8-3-5(10)4-9/h5,9-10H,2-4H2,1H3,(H2,7,8,11). The molecule has 0 spiro atoms. The molecule has 0 aliphatic heterocycles. The average Bonchev–Trinajstić information content (AvgIpc) is 2.01. The second-order valence-electron chi connectivity index (χ2n) is 2.08. The summed E-state index contributed by atoms with van der Waals surface area (Å²) in [4.78, 5) is 10.6. The maximum atomic E-state index is 10.6. The fourth-order valence-electron chi connectivity index (χ4n) is 0.498. The van der Waals surface area contributed by atoms with Gasteiger partial charge in [-0.3, -0.25) is 0 Å². The van der Waals surface area contributed by atoms with E-state index in [9.17, 15) is 4.79 Å². The molecule has 0 aliphatic carbocycles. The molecule has 66 valence electrons. The van der Waals surface area contributed by atoms with Crippen LogP contribution in [-0.4, -0.2) is 42.0 Å². The lowest BCUT2D eigenvalue weighted by Crippen LogP contribution is -2.40. The Labute approximate surface area is 65.4 Å². The number of rotatable bonds is 4. The van der Waals surface area contributed by atoms with Gasteiger partial charge >= 0.3 is 6.03 Å². The van der Waals surface area contributed by atoms with E-state index in [1.807, 2.05) is 0 Å². The maximum Gasteiger partial charge on any atom is 0.314 e. The number of carbonyl (C=O) groups excluding carboxylic acids is 1. The molecule has 0 aromatic rings. The minimum absolute atomic E-state index is 0.0718. The van der Waals surface area contributed by atoms with E-state index in [1.165, 1.54) is 0 Å². The monoisotopic (exact) mass is 162 g/mol. The highest BCUT2D eigenvalue weighted by Gasteiger charge is 2.03. The van der Waals surface area contributed by atoms with Crippen molar-refractivity contribution in [3.05, 3.63) is 0 Å². The minimum Gasteiger partial charge on any atom is -0.394 e. The van der Waals surface area contributed by atoms with Crippen LogP contribution < -0.4 is 10.6 Å². The van der Waals surface area contributed by atoms with Crippen LogP contribution in [0.3, 0.4) is 0 Å². The van der Waals surface area contributed by atoms with Gasteiger partial charge < -0.3 is 20.8 Å². The van der Waals surface area contributed by atoms with E-state index in [0.717, 1.165) is 0 Å². The summed E-state index contributed by atoms with van der Waals surface area (Å²) >= 11 is 0. The van der Waals surface area contributed by atoms with Gasteiger partial charge in [0.15, 0.2) is 0 Å². The topological polar surface area (TPSA) is 81.6 Å². The Morgan fingerprint density at radius 3 is 2.64 bits per heavy atom. The fraction of sp³-hybridized carbons (Fsp3) is 0.833. The number of aliphatic hydroxyl groups excluding tert-OH is 2. The first-order valence-corrected chi connectivity index (χ1v) is 3.51. The third kappa shape index (κ3) is 5.63. The SMILES string of the molecule is CCNC(=O)NCC(O)CO. The summed E-state index contributed by atoms with van der Waals surface area (Å²) in [5.41, 5.74) is 0. The number of hydrogen-bond acceptors (Lipinski definition) is 3. The highest BCUT2D eigenvalue weighted by molar-refractivity contribution is 5.73. The highest BCUT2D eigenvalue weighted by Crippen LogP contribution is 1.75. The molecule has 0 radical (unpaired) electrons. The van der Waals surface area contributed by atoms with E-state index in [0.29, 0.717) is 6.54 Å². The van der Waals surface area contributed by atoms with Gasteiger partial charge in [-0.15, -0.1) is 0 Å². The predicted octanol–water partition coefficient (Wildman–Crippen LogP) is -1.34. The Hall–Kier alpha value is -0.810. The molecule has 11 heavy (non-hydrogen) atoms. The minimum atomic E-state index is -0.877. The summed E-state index contributed by atoms with van der Waals surface area (Å²) in [5.74, 6) is 0. The van der Waals surface area contributed by atoms with Crippen LogP contribution >= 0.6 is 0 Å². The van der Waals surface area contributed by atoms with Crippen molar-refractivity contribution in [1.29, 1.82) is 0 Å². The normalized spacial score (nSPS) is 12.3. The second-order valence-corrected chi connectivity index (χ2v) is 2.08. The molecule has 0 aromatic heterocycles. The number of amides is 2. The van der Waals surface area contributed by atoms with Crippen molar-refractivity contribution in [3.63, 3.8) is 0 Å². The highest BCUT2D eigenvalue weighted by atomic mass is 16.3. The quantitative estimate of drug-likeness (QED) is 0.413. The first-order valence-electron chi connectivity index (χ1n) is 3.51. The molecule has 0 fully saturated rings. The summed E-state index contributed by atoms with van der Waals surface area (Å²) in [7, 11) is 0. The van der Waals surface area contributed by atoms with Gasteiger partial charge in [-0.25, -0.2) is 4.79 Å². The summed E-state index contributed by atoms with van der Waals surface area (Å²) < 4.78 is 0. The Bertz CT molecular complexity index is 118. The van der Waals surface area contributed by atoms with Crippen molar-refractivity contribution in [2.75, 3.05) is 19.7 Å². The molecule has 0 aromatic carbocycles. The molecular weight excluding hydrogens is 148 g/mol. The Morgan fingerprint density at radius 2 is 2.18 bits per heavy atom. The third-order valence-electron chi connectivity index (χ3n) is 1.05. The number of aliphatic hydroxyl groups is 2. The summed E-state index contributed by atoms with van der Waals surface area (Å²) in [6, 6.07) is -0.333. The molecule has 4 N–H and O–H groups in total. The second kappa shape index (κ2) is 5.94. The fourth-order valence-corrected chi connectivity index (χ4v) is 0.498. The first-order chi connectivity index (χ1) is 5.20. The van der Waals surface area contributed by atoms with Crippen molar-refractivity contribution in [1.82, 2.24) is 10.6 Å². The van der Waals surface area contributed by atoms with E-state index in [1.54, 1.807) is 6.92 Å². The molecular formula is C6H14N2O3. The largest absolute Gasteiger partial charge is 0.394 e. The van der Waals surface area contributed by atoms with E-state index in [-0.39, 0.29) is 19.2 Å². The predicted molar refractivity (Wildman–Crippen MR) is 40.2 cm³/mol. The van der Waals surface area contributed by atoms with Crippen LogP contribution in [0.2, 0.25) is 0 Å². The molecule has 5 heteroatoms. The lowest BCUT2D eigenvalue weighted by atomic mass is 10.4. The summed E-state index contributed by atoms with van der Waals surface area (Å²) in [6.45, 7) is 2.07. The first kappa shape index (κ1) is 10.2. The smallest absolute Gasteiger partial charge is 0.314 e. The Kier molecular flexibility index (Phi) is 5.50. The Balaban J connectivity index is 3.30. The van der Waals surface area contributed by atoms with Gasteiger partial charge in [0.1, 0.15) is 0 Å². The van der Waals surface area contributed by atoms with Crippen molar-refractivity contribution < 1.29 is 15.0 Å². The van der Waals surface area contributed by atoms with E-state index in [4.69, 9.17) is 10.2 Å². The van der Waals surface area contributed by atoms with Crippen molar-refractivity contribution in [2.24, 2.45) is 0 Å².